The number of carbonyl (C=O) groups is 2. The third kappa shape index (κ3) is 5.02. The van der Waals surface area contributed by atoms with E-state index < -0.39 is 30.3 Å². The van der Waals surface area contributed by atoms with Crippen LogP contribution in [0.3, 0.4) is 0 Å². The normalized spacial score (nSPS) is 28.1. The van der Waals surface area contributed by atoms with E-state index in [4.69, 9.17) is 18.9 Å². The Hall–Kier alpha value is -1.56. The van der Waals surface area contributed by atoms with Gasteiger partial charge in [-0.15, -0.1) is 0 Å². The molecule has 0 saturated carbocycles. The fraction of sp³-hybridized carbons (Fsp3) is 0.750. The summed E-state index contributed by atoms with van der Waals surface area (Å²) < 4.78 is 22.1. The maximum atomic E-state index is 11.4. The summed E-state index contributed by atoms with van der Waals surface area (Å²) in [4.78, 5) is 22.4. The zero-order chi connectivity index (χ0) is 17.1. The molecule has 6 nitrogen and oxygen atoms in total. The molecule has 0 aromatic rings. The lowest BCUT2D eigenvalue weighted by Crippen LogP contribution is -2.43. The van der Waals surface area contributed by atoms with Crippen molar-refractivity contribution in [2.24, 2.45) is 5.41 Å². The lowest BCUT2D eigenvalue weighted by Gasteiger charge is -2.32. The van der Waals surface area contributed by atoms with E-state index in [0.29, 0.717) is 5.76 Å². The molecule has 0 N–H and O–H groups in total. The second kappa shape index (κ2) is 7.13. The van der Waals surface area contributed by atoms with Gasteiger partial charge in [-0.25, -0.2) is 0 Å². The van der Waals surface area contributed by atoms with E-state index in [1.165, 1.54) is 13.8 Å². The second-order valence-electron chi connectivity index (χ2n) is 6.62. The Morgan fingerprint density at radius 2 is 1.64 bits per heavy atom. The molecule has 0 aromatic heterocycles. The zero-order valence-electron chi connectivity index (χ0n) is 14.2. The number of rotatable bonds is 5. The van der Waals surface area contributed by atoms with Crippen LogP contribution in [0.15, 0.2) is 12.3 Å². The van der Waals surface area contributed by atoms with Gasteiger partial charge in [0.2, 0.25) is 0 Å². The highest BCUT2D eigenvalue weighted by Gasteiger charge is 2.52. The predicted molar refractivity (Wildman–Crippen MR) is 80.0 cm³/mol. The Balaban J connectivity index is 3.03. The molecule has 1 rings (SSSR count). The fourth-order valence-corrected chi connectivity index (χ4v) is 2.45. The van der Waals surface area contributed by atoms with E-state index in [9.17, 15) is 9.59 Å². The number of allylic oxidation sites excluding steroid dienone is 1. The zero-order valence-corrected chi connectivity index (χ0v) is 14.2. The molecule has 4 atom stereocenters. The van der Waals surface area contributed by atoms with Gasteiger partial charge in [0.1, 0.15) is 18.8 Å². The minimum Gasteiger partial charge on any atom is -0.489 e. The van der Waals surface area contributed by atoms with E-state index in [2.05, 4.69) is 6.58 Å². The molecule has 22 heavy (non-hydrogen) atoms. The molecule has 0 radical (unpaired) electrons. The minimum atomic E-state index is -0.655. The molecule has 0 aromatic carbocycles. The van der Waals surface area contributed by atoms with Gasteiger partial charge in [0.05, 0.1) is 5.76 Å². The topological polar surface area (TPSA) is 71.1 Å². The molecule has 1 heterocycles. The first-order valence-electron chi connectivity index (χ1n) is 7.30. The molecule has 126 valence electrons. The van der Waals surface area contributed by atoms with Crippen molar-refractivity contribution in [1.82, 2.24) is 0 Å². The van der Waals surface area contributed by atoms with Crippen molar-refractivity contribution in [1.29, 1.82) is 0 Å². The highest BCUT2D eigenvalue weighted by atomic mass is 16.6. The van der Waals surface area contributed by atoms with E-state index in [1.807, 2.05) is 20.8 Å². The summed E-state index contributed by atoms with van der Waals surface area (Å²) in [6.45, 7) is 14.1. The van der Waals surface area contributed by atoms with Crippen LogP contribution in [0, 0.1) is 5.41 Å². The number of hydrogen-bond donors (Lipinski definition) is 0. The van der Waals surface area contributed by atoms with E-state index >= 15 is 0 Å². The smallest absolute Gasteiger partial charge is 0.303 e. The Labute approximate surface area is 131 Å². The fourth-order valence-electron chi connectivity index (χ4n) is 2.45. The number of ether oxygens (including phenoxy) is 4. The first-order chi connectivity index (χ1) is 10.0. The van der Waals surface area contributed by atoms with Crippen molar-refractivity contribution in [3.8, 4) is 0 Å². The van der Waals surface area contributed by atoms with Crippen LogP contribution in [0.4, 0.5) is 0 Å². The molecule has 6 heteroatoms. The SMILES string of the molecule is C=C(C)O[C@@H]1[C@H](OC(C)=O)[C@@H](COC(C)=O)O[C@H]1C(C)(C)C. The molecule has 0 bridgehead atoms. The first-order valence-corrected chi connectivity index (χ1v) is 7.30. The van der Waals surface area contributed by atoms with Gasteiger partial charge in [-0.3, -0.25) is 9.59 Å². The van der Waals surface area contributed by atoms with Crippen molar-refractivity contribution in [3.63, 3.8) is 0 Å². The van der Waals surface area contributed by atoms with Crippen LogP contribution < -0.4 is 0 Å². The summed E-state index contributed by atoms with van der Waals surface area (Å²) in [5.74, 6) is -0.346. The standard InChI is InChI=1S/C16H26O6/c1-9(2)20-14-13(21-11(4)18)12(8-19-10(3)17)22-15(14)16(5,6)7/h12-15H,1,8H2,2-7H3/t12-,13-,14-,15-/m1/s1. The van der Waals surface area contributed by atoms with Gasteiger partial charge >= 0.3 is 11.9 Å². The third-order valence-electron chi connectivity index (χ3n) is 3.25. The Morgan fingerprint density at radius 3 is 2.05 bits per heavy atom. The molecule has 0 amide bonds. The van der Waals surface area contributed by atoms with Gasteiger partial charge in [-0.05, 0) is 12.3 Å². The molecular formula is C16H26O6. The molecule has 0 spiro atoms. The molecule has 0 unspecified atom stereocenters. The summed E-state index contributed by atoms with van der Waals surface area (Å²) in [6, 6.07) is 0. The predicted octanol–water partition coefficient (Wildman–Crippen LogP) is 2.21. The number of carbonyl (C=O) groups excluding carboxylic acids is 2. The largest absolute Gasteiger partial charge is 0.489 e. The molecule has 1 aliphatic rings. The average molecular weight is 314 g/mol. The van der Waals surface area contributed by atoms with E-state index in [0.717, 1.165) is 0 Å². The van der Waals surface area contributed by atoms with Gasteiger partial charge in [0.15, 0.2) is 12.2 Å². The Kier molecular flexibility index (Phi) is 6.00. The van der Waals surface area contributed by atoms with Crippen LogP contribution in [-0.4, -0.2) is 43.0 Å². The van der Waals surface area contributed by atoms with Gasteiger partial charge in [0.25, 0.3) is 0 Å². The van der Waals surface area contributed by atoms with Crippen molar-refractivity contribution >= 4 is 11.9 Å². The quantitative estimate of drug-likeness (QED) is 0.572. The average Bonchev–Trinajstić information content (AvgIpc) is 2.63. The lowest BCUT2D eigenvalue weighted by molar-refractivity contribution is -0.157. The minimum absolute atomic E-state index is 0.00983. The highest BCUT2D eigenvalue weighted by molar-refractivity contribution is 5.66. The third-order valence-corrected chi connectivity index (χ3v) is 3.25. The Morgan fingerprint density at radius 1 is 1.05 bits per heavy atom. The highest BCUT2D eigenvalue weighted by Crippen LogP contribution is 2.38. The van der Waals surface area contributed by atoms with Gasteiger partial charge in [-0.1, -0.05) is 27.4 Å². The summed E-state index contributed by atoms with van der Waals surface area (Å²) in [7, 11) is 0. The van der Waals surface area contributed by atoms with Gasteiger partial charge in [0, 0.05) is 13.8 Å². The Bertz CT molecular complexity index is 436. The summed E-state index contributed by atoms with van der Waals surface area (Å²) >= 11 is 0. The lowest BCUT2D eigenvalue weighted by atomic mass is 9.85. The van der Waals surface area contributed by atoms with Crippen LogP contribution in [0.1, 0.15) is 41.5 Å². The maximum absolute atomic E-state index is 11.4. The van der Waals surface area contributed by atoms with Crippen molar-refractivity contribution in [2.75, 3.05) is 6.61 Å². The van der Waals surface area contributed by atoms with Crippen LogP contribution in [-0.2, 0) is 28.5 Å². The van der Waals surface area contributed by atoms with Gasteiger partial charge < -0.3 is 18.9 Å². The van der Waals surface area contributed by atoms with E-state index in [-0.39, 0.29) is 18.1 Å². The van der Waals surface area contributed by atoms with Crippen LogP contribution in [0.5, 0.6) is 0 Å². The summed E-state index contributed by atoms with van der Waals surface area (Å²) in [5.41, 5.74) is -0.247. The second-order valence-corrected chi connectivity index (χ2v) is 6.62. The number of hydrogen-bond acceptors (Lipinski definition) is 6. The van der Waals surface area contributed by atoms with Crippen molar-refractivity contribution in [3.05, 3.63) is 12.3 Å². The monoisotopic (exact) mass is 314 g/mol. The summed E-state index contributed by atoms with van der Waals surface area (Å²) in [6.07, 6.45) is -2.05. The molecule has 1 fully saturated rings. The molecule has 0 aliphatic carbocycles. The maximum Gasteiger partial charge on any atom is 0.303 e. The number of esters is 2. The summed E-state index contributed by atoms with van der Waals surface area (Å²) in [5, 5.41) is 0. The van der Waals surface area contributed by atoms with Crippen LogP contribution >= 0.6 is 0 Å². The van der Waals surface area contributed by atoms with Crippen LogP contribution in [0.2, 0.25) is 0 Å². The van der Waals surface area contributed by atoms with E-state index in [1.54, 1.807) is 6.92 Å². The molecule has 1 saturated heterocycles. The molecule has 1 aliphatic heterocycles. The van der Waals surface area contributed by atoms with Gasteiger partial charge in [-0.2, -0.15) is 0 Å². The van der Waals surface area contributed by atoms with Crippen LogP contribution in [0.25, 0.3) is 0 Å². The first kappa shape index (κ1) is 18.5. The van der Waals surface area contributed by atoms with Crippen molar-refractivity contribution in [2.45, 2.75) is 66.0 Å². The van der Waals surface area contributed by atoms with Crippen molar-refractivity contribution < 1.29 is 28.5 Å². The molecular weight excluding hydrogens is 288 g/mol.